The molecule has 1 fully saturated rings. The highest BCUT2D eigenvalue weighted by Crippen LogP contribution is 2.34. The van der Waals surface area contributed by atoms with Gasteiger partial charge in [-0.1, -0.05) is 30.3 Å². The molecule has 1 nitrogen and oxygen atoms in total. The van der Waals surface area contributed by atoms with Crippen molar-refractivity contribution in [2.24, 2.45) is 0 Å². The van der Waals surface area contributed by atoms with Crippen LogP contribution >= 0.6 is 11.3 Å². The molecule has 0 aliphatic heterocycles. The lowest BCUT2D eigenvalue weighted by Crippen LogP contribution is -2.34. The molecule has 0 amide bonds. The van der Waals surface area contributed by atoms with Crippen molar-refractivity contribution in [2.75, 3.05) is 0 Å². The van der Waals surface area contributed by atoms with Crippen LogP contribution in [0.5, 0.6) is 0 Å². The first-order chi connectivity index (χ1) is 10.2. The molecule has 3 rings (SSSR count). The molecular formula is C19H25NS. The summed E-state index contributed by atoms with van der Waals surface area (Å²) >= 11 is 1.92. The summed E-state index contributed by atoms with van der Waals surface area (Å²) < 4.78 is 0. The molecule has 2 heteroatoms. The molecule has 1 aliphatic rings. The Bertz CT molecular complexity index is 552. The fourth-order valence-electron chi connectivity index (χ4n) is 3.44. The summed E-state index contributed by atoms with van der Waals surface area (Å²) in [6.45, 7) is 4.49. The monoisotopic (exact) mass is 299 g/mol. The Labute approximate surface area is 132 Å². The average molecular weight is 299 g/mol. The zero-order valence-corrected chi connectivity index (χ0v) is 13.8. The van der Waals surface area contributed by atoms with E-state index >= 15 is 0 Å². The standard InChI is InChI=1S/C19H25NS/c1-14-8-13-19(21-14)15(2)20-18-11-9-17(10-12-18)16-6-4-3-5-7-16/h3-8,13,15,17-18,20H,9-12H2,1-2H3. The molecule has 0 spiro atoms. The van der Waals surface area contributed by atoms with E-state index in [-0.39, 0.29) is 0 Å². The molecule has 0 bridgehead atoms. The van der Waals surface area contributed by atoms with Crippen molar-refractivity contribution < 1.29 is 0 Å². The Morgan fingerprint density at radius 2 is 1.71 bits per heavy atom. The van der Waals surface area contributed by atoms with Crippen LogP contribution in [-0.4, -0.2) is 6.04 Å². The van der Waals surface area contributed by atoms with E-state index < -0.39 is 0 Å². The highest BCUT2D eigenvalue weighted by molar-refractivity contribution is 7.12. The van der Waals surface area contributed by atoms with Crippen molar-refractivity contribution in [1.82, 2.24) is 5.32 Å². The summed E-state index contributed by atoms with van der Waals surface area (Å²) in [6, 6.07) is 16.7. The molecule has 1 N–H and O–H groups in total. The second kappa shape index (κ2) is 6.76. The van der Waals surface area contributed by atoms with Gasteiger partial charge in [-0.3, -0.25) is 0 Å². The first-order valence-electron chi connectivity index (χ1n) is 8.09. The van der Waals surface area contributed by atoms with E-state index in [0.29, 0.717) is 12.1 Å². The minimum absolute atomic E-state index is 0.488. The van der Waals surface area contributed by atoms with E-state index in [2.05, 4.69) is 61.6 Å². The van der Waals surface area contributed by atoms with Gasteiger partial charge in [-0.05, 0) is 63.1 Å². The van der Waals surface area contributed by atoms with E-state index in [0.717, 1.165) is 5.92 Å². The summed E-state index contributed by atoms with van der Waals surface area (Å²) in [4.78, 5) is 2.88. The van der Waals surface area contributed by atoms with Crippen molar-refractivity contribution in [3.63, 3.8) is 0 Å². The van der Waals surface area contributed by atoms with Crippen molar-refractivity contribution >= 4 is 11.3 Å². The third-order valence-electron chi connectivity index (χ3n) is 4.67. The van der Waals surface area contributed by atoms with Crippen molar-refractivity contribution in [1.29, 1.82) is 0 Å². The van der Waals surface area contributed by atoms with Gasteiger partial charge in [-0.15, -0.1) is 11.3 Å². The first-order valence-corrected chi connectivity index (χ1v) is 8.91. The van der Waals surface area contributed by atoms with E-state index in [1.54, 1.807) is 0 Å². The van der Waals surface area contributed by atoms with Crippen LogP contribution in [0.2, 0.25) is 0 Å². The maximum Gasteiger partial charge on any atom is 0.0388 e. The summed E-state index contributed by atoms with van der Waals surface area (Å²) in [7, 11) is 0. The lowest BCUT2D eigenvalue weighted by Gasteiger charge is -2.31. The van der Waals surface area contributed by atoms with E-state index in [1.165, 1.54) is 41.0 Å². The molecule has 1 aromatic carbocycles. The van der Waals surface area contributed by atoms with Gasteiger partial charge in [0.2, 0.25) is 0 Å². The minimum atomic E-state index is 0.488. The van der Waals surface area contributed by atoms with Gasteiger partial charge in [0.15, 0.2) is 0 Å². The molecule has 1 atom stereocenters. The number of hydrogen-bond acceptors (Lipinski definition) is 2. The summed E-state index contributed by atoms with van der Waals surface area (Å²) in [5, 5.41) is 3.83. The number of hydrogen-bond donors (Lipinski definition) is 1. The van der Waals surface area contributed by atoms with Gasteiger partial charge in [-0.25, -0.2) is 0 Å². The van der Waals surface area contributed by atoms with Crippen LogP contribution < -0.4 is 5.32 Å². The maximum atomic E-state index is 3.83. The largest absolute Gasteiger partial charge is 0.307 e. The normalized spacial score (nSPS) is 23.9. The van der Waals surface area contributed by atoms with Crippen LogP contribution in [-0.2, 0) is 0 Å². The second-order valence-corrected chi connectivity index (χ2v) is 7.62. The lowest BCUT2D eigenvalue weighted by atomic mass is 9.81. The maximum absolute atomic E-state index is 3.83. The molecule has 1 aromatic heterocycles. The summed E-state index contributed by atoms with van der Waals surface area (Å²) in [6.07, 6.45) is 5.23. The zero-order valence-electron chi connectivity index (χ0n) is 13.0. The molecule has 1 saturated carbocycles. The third-order valence-corrected chi connectivity index (χ3v) is 5.86. The molecule has 1 unspecified atom stereocenters. The van der Waals surface area contributed by atoms with Crippen molar-refractivity contribution in [3.05, 3.63) is 57.8 Å². The molecule has 1 aliphatic carbocycles. The van der Waals surface area contributed by atoms with E-state index in [9.17, 15) is 0 Å². The Kier molecular flexibility index (Phi) is 4.77. The highest BCUT2D eigenvalue weighted by atomic mass is 32.1. The van der Waals surface area contributed by atoms with E-state index in [4.69, 9.17) is 0 Å². The van der Waals surface area contributed by atoms with E-state index in [1.807, 2.05) is 11.3 Å². The van der Waals surface area contributed by atoms with Gasteiger partial charge in [-0.2, -0.15) is 0 Å². The highest BCUT2D eigenvalue weighted by Gasteiger charge is 2.23. The Morgan fingerprint density at radius 1 is 1.00 bits per heavy atom. The van der Waals surface area contributed by atoms with Gasteiger partial charge in [0.25, 0.3) is 0 Å². The van der Waals surface area contributed by atoms with Crippen LogP contribution in [0.15, 0.2) is 42.5 Å². The van der Waals surface area contributed by atoms with Gasteiger partial charge in [0, 0.05) is 21.8 Å². The van der Waals surface area contributed by atoms with Gasteiger partial charge in [0.1, 0.15) is 0 Å². The molecular weight excluding hydrogens is 274 g/mol. The number of rotatable bonds is 4. The summed E-state index contributed by atoms with van der Waals surface area (Å²) in [5.74, 6) is 0.767. The molecule has 21 heavy (non-hydrogen) atoms. The topological polar surface area (TPSA) is 12.0 Å². The van der Waals surface area contributed by atoms with Gasteiger partial charge >= 0.3 is 0 Å². The molecule has 0 radical (unpaired) electrons. The smallest absolute Gasteiger partial charge is 0.0388 e. The molecule has 112 valence electrons. The van der Waals surface area contributed by atoms with Crippen molar-refractivity contribution in [2.45, 2.75) is 57.5 Å². The fourth-order valence-corrected chi connectivity index (χ4v) is 4.33. The van der Waals surface area contributed by atoms with Crippen LogP contribution in [0, 0.1) is 6.92 Å². The molecule has 1 heterocycles. The molecule has 0 saturated heterocycles. The summed E-state index contributed by atoms with van der Waals surface area (Å²) in [5.41, 5.74) is 1.53. The number of thiophene rings is 1. The van der Waals surface area contributed by atoms with Crippen LogP contribution in [0.3, 0.4) is 0 Å². The third kappa shape index (κ3) is 3.75. The number of benzene rings is 1. The van der Waals surface area contributed by atoms with Crippen LogP contribution in [0.1, 0.15) is 59.9 Å². The Hall–Kier alpha value is -1.12. The predicted octanol–water partition coefficient (Wildman–Crippen LogP) is 5.43. The average Bonchev–Trinajstić information content (AvgIpc) is 2.96. The van der Waals surface area contributed by atoms with Gasteiger partial charge < -0.3 is 5.32 Å². The second-order valence-electron chi connectivity index (χ2n) is 6.30. The number of nitrogens with one attached hydrogen (secondary N) is 1. The fraction of sp³-hybridized carbons (Fsp3) is 0.474. The zero-order chi connectivity index (χ0) is 14.7. The first kappa shape index (κ1) is 14.8. The van der Waals surface area contributed by atoms with Crippen molar-refractivity contribution in [3.8, 4) is 0 Å². The lowest BCUT2D eigenvalue weighted by molar-refractivity contribution is 0.323. The van der Waals surface area contributed by atoms with Crippen LogP contribution in [0.25, 0.3) is 0 Å². The Balaban J connectivity index is 1.52. The minimum Gasteiger partial charge on any atom is -0.307 e. The van der Waals surface area contributed by atoms with Crippen LogP contribution in [0.4, 0.5) is 0 Å². The predicted molar refractivity (Wildman–Crippen MR) is 92.0 cm³/mol. The molecule has 2 aromatic rings. The quantitative estimate of drug-likeness (QED) is 0.793. The number of aryl methyl sites for hydroxylation is 1. The van der Waals surface area contributed by atoms with Gasteiger partial charge in [0.05, 0.1) is 0 Å². The Morgan fingerprint density at radius 3 is 2.33 bits per heavy atom. The SMILES string of the molecule is Cc1ccc(C(C)NC2CCC(c3ccccc3)CC2)s1.